The van der Waals surface area contributed by atoms with Crippen LogP contribution in [0.5, 0.6) is 0 Å². The monoisotopic (exact) mass is 340 g/mol. The van der Waals surface area contributed by atoms with Crippen LogP contribution in [0.2, 0.25) is 10.0 Å². The molecule has 0 bridgehead atoms. The zero-order valence-electron chi connectivity index (χ0n) is 12.7. The number of hydrogen-bond acceptors (Lipinski definition) is 4. The lowest BCUT2D eigenvalue weighted by Gasteiger charge is -2.16. The molecule has 6 heteroatoms. The Bertz CT molecular complexity index is 702. The van der Waals surface area contributed by atoms with Gasteiger partial charge in [0.2, 0.25) is 0 Å². The average Bonchev–Trinajstić information content (AvgIpc) is 2.48. The van der Waals surface area contributed by atoms with Crippen molar-refractivity contribution in [3.8, 4) is 0 Å². The van der Waals surface area contributed by atoms with E-state index in [2.05, 4.69) is 24.1 Å². The largest absolute Gasteiger partial charge is 0.462 e. The highest BCUT2D eigenvalue weighted by Gasteiger charge is 2.18. The Morgan fingerprint density at radius 2 is 2.09 bits per heavy atom. The predicted octanol–water partition coefficient (Wildman–Crippen LogP) is 4.79. The summed E-state index contributed by atoms with van der Waals surface area (Å²) in [7, 11) is 0. The summed E-state index contributed by atoms with van der Waals surface area (Å²) in [5.74, 6) is 0.00950. The minimum absolute atomic E-state index is 0.307. The van der Waals surface area contributed by atoms with Gasteiger partial charge in [-0.05, 0) is 25.0 Å². The van der Waals surface area contributed by atoms with E-state index in [0.29, 0.717) is 45.9 Å². The van der Waals surface area contributed by atoms with Crippen molar-refractivity contribution >= 4 is 45.8 Å². The number of anilines is 1. The van der Waals surface area contributed by atoms with Gasteiger partial charge in [0.05, 0.1) is 27.9 Å². The second-order valence-electron chi connectivity index (χ2n) is 5.30. The van der Waals surface area contributed by atoms with E-state index in [9.17, 15) is 4.79 Å². The highest BCUT2D eigenvalue weighted by molar-refractivity contribution is 6.45. The van der Waals surface area contributed by atoms with Crippen molar-refractivity contribution in [3.05, 3.63) is 33.9 Å². The molecule has 1 aromatic heterocycles. The van der Waals surface area contributed by atoms with E-state index < -0.39 is 5.97 Å². The number of hydrogen-bond donors (Lipinski definition) is 1. The Balaban J connectivity index is 2.61. The maximum absolute atomic E-state index is 12.1. The lowest BCUT2D eigenvalue weighted by Crippen LogP contribution is -2.14. The number of ether oxygens (including phenoxy) is 1. The molecule has 1 aromatic carbocycles. The maximum atomic E-state index is 12.1. The molecule has 0 saturated carbocycles. The van der Waals surface area contributed by atoms with Crippen LogP contribution in [-0.2, 0) is 4.74 Å². The summed E-state index contributed by atoms with van der Waals surface area (Å²) in [6.45, 7) is 6.96. The van der Waals surface area contributed by atoms with Crippen LogP contribution in [0.25, 0.3) is 10.9 Å². The van der Waals surface area contributed by atoms with Gasteiger partial charge in [-0.25, -0.2) is 4.79 Å². The molecule has 2 rings (SSSR count). The summed E-state index contributed by atoms with van der Waals surface area (Å²) in [6, 6.07) is 3.51. The molecular formula is C16H18Cl2N2O2. The maximum Gasteiger partial charge on any atom is 0.341 e. The zero-order chi connectivity index (χ0) is 16.3. The van der Waals surface area contributed by atoms with Gasteiger partial charge in [0.15, 0.2) is 0 Å². The molecular weight excluding hydrogens is 323 g/mol. The van der Waals surface area contributed by atoms with E-state index in [1.807, 2.05) is 6.07 Å². The quantitative estimate of drug-likeness (QED) is 0.795. The Morgan fingerprint density at radius 1 is 1.36 bits per heavy atom. The lowest BCUT2D eigenvalue weighted by molar-refractivity contribution is 0.0527. The number of esters is 1. The summed E-state index contributed by atoms with van der Waals surface area (Å²) < 4.78 is 5.10. The van der Waals surface area contributed by atoms with Crippen LogP contribution in [-0.4, -0.2) is 24.1 Å². The van der Waals surface area contributed by atoms with Gasteiger partial charge in [0, 0.05) is 18.1 Å². The normalized spacial score (nSPS) is 11.0. The number of nitrogens with zero attached hydrogens (tertiary/aromatic N) is 1. The van der Waals surface area contributed by atoms with Crippen LogP contribution >= 0.6 is 23.2 Å². The van der Waals surface area contributed by atoms with Gasteiger partial charge in [-0.3, -0.25) is 4.98 Å². The minimum Gasteiger partial charge on any atom is -0.462 e. The highest BCUT2D eigenvalue weighted by Crippen LogP contribution is 2.35. The van der Waals surface area contributed by atoms with Crippen LogP contribution in [0.1, 0.15) is 31.1 Å². The zero-order valence-corrected chi connectivity index (χ0v) is 14.3. The number of carbonyl (C=O) groups is 1. The fourth-order valence-corrected chi connectivity index (χ4v) is 2.43. The molecule has 0 radical (unpaired) electrons. The third kappa shape index (κ3) is 3.45. The molecule has 1 N–H and O–H groups in total. The summed E-state index contributed by atoms with van der Waals surface area (Å²) in [4.78, 5) is 16.4. The SMILES string of the molecule is CCOC(=O)c1cnc2c(Cl)c(Cl)ccc2c1NCC(C)C. The van der Waals surface area contributed by atoms with Gasteiger partial charge in [0.25, 0.3) is 0 Å². The fraction of sp³-hybridized carbons (Fsp3) is 0.375. The van der Waals surface area contributed by atoms with Gasteiger partial charge < -0.3 is 10.1 Å². The first-order valence-corrected chi connectivity index (χ1v) is 7.89. The van der Waals surface area contributed by atoms with Crippen molar-refractivity contribution in [1.29, 1.82) is 0 Å². The number of nitrogens with one attached hydrogen (secondary N) is 1. The second-order valence-corrected chi connectivity index (χ2v) is 6.08. The van der Waals surface area contributed by atoms with Gasteiger partial charge in [-0.2, -0.15) is 0 Å². The highest BCUT2D eigenvalue weighted by atomic mass is 35.5. The fourth-order valence-electron chi connectivity index (χ4n) is 2.07. The van der Waals surface area contributed by atoms with E-state index in [4.69, 9.17) is 27.9 Å². The van der Waals surface area contributed by atoms with Crippen LogP contribution < -0.4 is 5.32 Å². The molecule has 0 aliphatic heterocycles. The number of carbonyl (C=O) groups excluding carboxylic acids is 1. The molecule has 4 nitrogen and oxygen atoms in total. The topological polar surface area (TPSA) is 51.2 Å². The molecule has 22 heavy (non-hydrogen) atoms. The summed E-state index contributed by atoms with van der Waals surface area (Å²) >= 11 is 12.3. The first-order valence-electron chi connectivity index (χ1n) is 7.13. The summed E-state index contributed by atoms with van der Waals surface area (Å²) in [6.07, 6.45) is 1.48. The third-order valence-electron chi connectivity index (χ3n) is 3.11. The van der Waals surface area contributed by atoms with Crippen LogP contribution in [0.15, 0.2) is 18.3 Å². The van der Waals surface area contributed by atoms with E-state index in [-0.39, 0.29) is 0 Å². The van der Waals surface area contributed by atoms with Gasteiger partial charge in [-0.15, -0.1) is 0 Å². The van der Waals surface area contributed by atoms with Gasteiger partial charge in [-0.1, -0.05) is 37.0 Å². The lowest BCUT2D eigenvalue weighted by atomic mass is 10.1. The van der Waals surface area contributed by atoms with Crippen LogP contribution in [0.3, 0.4) is 0 Å². The molecule has 1 heterocycles. The molecule has 0 unspecified atom stereocenters. The smallest absolute Gasteiger partial charge is 0.341 e. The molecule has 0 atom stereocenters. The number of pyridine rings is 1. The van der Waals surface area contributed by atoms with E-state index >= 15 is 0 Å². The van der Waals surface area contributed by atoms with Crippen molar-refractivity contribution in [3.63, 3.8) is 0 Å². The van der Waals surface area contributed by atoms with E-state index in [1.54, 1.807) is 13.0 Å². The van der Waals surface area contributed by atoms with Gasteiger partial charge in [0.1, 0.15) is 5.56 Å². The standard InChI is InChI=1S/C16H18Cl2N2O2/c1-4-22-16(21)11-8-20-15-10(5-6-12(17)13(15)18)14(11)19-7-9(2)3/h5-6,8-9H,4,7H2,1-3H3,(H,19,20). The predicted molar refractivity (Wildman–Crippen MR) is 91.0 cm³/mol. The average molecular weight is 341 g/mol. The summed E-state index contributed by atoms with van der Waals surface area (Å²) in [5.41, 5.74) is 1.64. The number of halogens is 2. The second kappa shape index (κ2) is 7.16. The first-order chi connectivity index (χ1) is 10.5. The first kappa shape index (κ1) is 16.8. The number of benzene rings is 1. The van der Waals surface area contributed by atoms with Crippen molar-refractivity contribution < 1.29 is 9.53 Å². The van der Waals surface area contributed by atoms with Gasteiger partial charge >= 0.3 is 5.97 Å². The molecule has 0 saturated heterocycles. The molecule has 0 amide bonds. The minimum atomic E-state index is -0.408. The molecule has 0 fully saturated rings. The Hall–Kier alpha value is -1.52. The Labute approximate surface area is 139 Å². The number of aromatic nitrogens is 1. The van der Waals surface area contributed by atoms with Crippen LogP contribution in [0, 0.1) is 5.92 Å². The Kier molecular flexibility index (Phi) is 5.48. The van der Waals surface area contributed by atoms with Crippen molar-refractivity contribution in [2.45, 2.75) is 20.8 Å². The van der Waals surface area contributed by atoms with E-state index in [0.717, 1.165) is 5.39 Å². The molecule has 0 aliphatic rings. The number of fused-ring (bicyclic) bond motifs is 1. The third-order valence-corrected chi connectivity index (χ3v) is 3.91. The molecule has 0 spiro atoms. The molecule has 0 aliphatic carbocycles. The van der Waals surface area contributed by atoms with E-state index in [1.165, 1.54) is 6.20 Å². The van der Waals surface area contributed by atoms with Crippen LogP contribution in [0.4, 0.5) is 5.69 Å². The van der Waals surface area contributed by atoms with Crippen molar-refractivity contribution in [1.82, 2.24) is 4.98 Å². The molecule has 2 aromatic rings. The van der Waals surface area contributed by atoms with Crippen molar-refractivity contribution in [2.24, 2.45) is 5.92 Å². The molecule has 118 valence electrons. The number of rotatable bonds is 5. The van der Waals surface area contributed by atoms with Crippen molar-refractivity contribution in [2.75, 3.05) is 18.5 Å². The summed E-state index contributed by atoms with van der Waals surface area (Å²) in [5, 5.41) is 4.86. The Morgan fingerprint density at radius 3 is 2.73 bits per heavy atom.